The minimum absolute atomic E-state index is 0.222. The van der Waals surface area contributed by atoms with Crippen LogP contribution in [-0.2, 0) is 6.54 Å². The minimum Gasteiger partial charge on any atom is -0.494 e. The lowest BCUT2D eigenvalue weighted by Gasteiger charge is -2.34. The van der Waals surface area contributed by atoms with Gasteiger partial charge in [0.25, 0.3) is 0 Å². The number of rotatable bonds is 5. The van der Waals surface area contributed by atoms with Gasteiger partial charge in [0.15, 0.2) is 11.6 Å². The molecule has 0 amide bonds. The summed E-state index contributed by atoms with van der Waals surface area (Å²) in [5.41, 5.74) is 0.726. The van der Waals surface area contributed by atoms with Crippen molar-refractivity contribution in [2.75, 3.05) is 27.2 Å². The van der Waals surface area contributed by atoms with Crippen molar-refractivity contribution in [3.63, 3.8) is 0 Å². The number of nitrogens with zero attached hydrogens (tertiary/aromatic N) is 1. The van der Waals surface area contributed by atoms with Gasteiger partial charge in [-0.15, -0.1) is 0 Å². The molecule has 1 aliphatic rings. The molecular weight excluding hydrogens is 255 g/mol. The van der Waals surface area contributed by atoms with Crippen LogP contribution < -0.4 is 10.1 Å². The molecule has 4 heteroatoms. The molecule has 1 saturated heterocycles. The van der Waals surface area contributed by atoms with Gasteiger partial charge in [-0.25, -0.2) is 4.39 Å². The predicted molar refractivity (Wildman–Crippen MR) is 79.5 cm³/mol. The van der Waals surface area contributed by atoms with Crippen LogP contribution >= 0.6 is 0 Å². The maximum absolute atomic E-state index is 14.1. The number of hydrogen-bond donors (Lipinski definition) is 1. The van der Waals surface area contributed by atoms with Gasteiger partial charge in [-0.3, -0.25) is 4.90 Å². The first-order chi connectivity index (χ1) is 9.65. The lowest BCUT2D eigenvalue weighted by atomic mass is 9.90. The first-order valence-electron chi connectivity index (χ1n) is 7.36. The molecule has 0 bridgehead atoms. The van der Waals surface area contributed by atoms with E-state index in [1.54, 1.807) is 6.07 Å². The Bertz CT molecular complexity index is 430. The van der Waals surface area contributed by atoms with Gasteiger partial charge in [-0.05, 0) is 51.9 Å². The summed E-state index contributed by atoms with van der Waals surface area (Å²) in [4.78, 5) is 2.33. The van der Waals surface area contributed by atoms with E-state index in [0.717, 1.165) is 24.6 Å². The van der Waals surface area contributed by atoms with Crippen LogP contribution in [0.4, 0.5) is 4.39 Å². The van der Waals surface area contributed by atoms with Crippen molar-refractivity contribution in [3.05, 3.63) is 29.6 Å². The van der Waals surface area contributed by atoms with Crippen molar-refractivity contribution >= 4 is 0 Å². The third-order valence-electron chi connectivity index (χ3n) is 4.45. The lowest BCUT2D eigenvalue weighted by molar-refractivity contribution is 0.157. The van der Waals surface area contributed by atoms with Gasteiger partial charge in [0, 0.05) is 18.2 Å². The average molecular weight is 280 g/mol. The van der Waals surface area contributed by atoms with Crippen molar-refractivity contribution in [3.8, 4) is 5.75 Å². The number of likely N-dealkylation sites (tertiary alicyclic amines) is 1. The fourth-order valence-corrected chi connectivity index (χ4v) is 2.92. The normalized spacial score (nSPS) is 19.0. The molecule has 1 fully saturated rings. The first kappa shape index (κ1) is 15.3. The number of ether oxygens (including phenoxy) is 1. The highest BCUT2D eigenvalue weighted by Crippen LogP contribution is 2.25. The van der Waals surface area contributed by atoms with Gasteiger partial charge in [0.2, 0.25) is 0 Å². The van der Waals surface area contributed by atoms with Crippen molar-refractivity contribution in [1.82, 2.24) is 10.2 Å². The standard InChI is InChI=1S/C16H25FN2O/c1-12(18-2)13-7-9-19(10-8-13)11-14-5-4-6-15(20-3)16(14)17/h4-6,12-13,18H,7-11H2,1-3H3. The molecule has 1 N–H and O–H groups in total. The smallest absolute Gasteiger partial charge is 0.169 e. The van der Waals surface area contributed by atoms with Gasteiger partial charge < -0.3 is 10.1 Å². The van der Waals surface area contributed by atoms with E-state index in [1.165, 1.54) is 20.0 Å². The van der Waals surface area contributed by atoms with E-state index in [0.29, 0.717) is 18.3 Å². The van der Waals surface area contributed by atoms with E-state index < -0.39 is 0 Å². The minimum atomic E-state index is -0.222. The molecule has 0 aliphatic carbocycles. The molecule has 0 aromatic heterocycles. The third-order valence-corrected chi connectivity index (χ3v) is 4.45. The fraction of sp³-hybridized carbons (Fsp3) is 0.625. The number of halogens is 1. The zero-order valence-corrected chi connectivity index (χ0v) is 12.7. The first-order valence-corrected chi connectivity index (χ1v) is 7.36. The van der Waals surface area contributed by atoms with E-state index in [2.05, 4.69) is 17.1 Å². The number of piperidine rings is 1. The Labute approximate surface area is 121 Å². The summed E-state index contributed by atoms with van der Waals surface area (Å²) in [6.07, 6.45) is 2.35. The average Bonchev–Trinajstić information content (AvgIpc) is 2.49. The van der Waals surface area contributed by atoms with Gasteiger partial charge in [-0.1, -0.05) is 12.1 Å². The Morgan fingerprint density at radius 2 is 2.10 bits per heavy atom. The van der Waals surface area contributed by atoms with Crippen molar-refractivity contribution in [1.29, 1.82) is 0 Å². The van der Waals surface area contributed by atoms with E-state index in [9.17, 15) is 4.39 Å². The zero-order chi connectivity index (χ0) is 14.5. The third kappa shape index (κ3) is 3.49. The molecule has 2 rings (SSSR count). The molecule has 3 nitrogen and oxygen atoms in total. The zero-order valence-electron chi connectivity index (χ0n) is 12.7. The molecular formula is C16H25FN2O. The van der Waals surface area contributed by atoms with Gasteiger partial charge in [0.05, 0.1) is 7.11 Å². The second-order valence-electron chi connectivity index (χ2n) is 5.62. The maximum Gasteiger partial charge on any atom is 0.169 e. The summed E-state index contributed by atoms with van der Waals surface area (Å²) >= 11 is 0. The van der Waals surface area contributed by atoms with Crippen LogP contribution in [0.3, 0.4) is 0 Å². The quantitative estimate of drug-likeness (QED) is 0.897. The SMILES string of the molecule is CNC(C)C1CCN(Cc2cccc(OC)c2F)CC1. The molecule has 0 saturated carbocycles. The molecule has 0 radical (unpaired) electrons. The van der Waals surface area contributed by atoms with Gasteiger partial charge in [-0.2, -0.15) is 0 Å². The summed E-state index contributed by atoms with van der Waals surface area (Å²) in [6, 6.07) is 5.93. The van der Waals surface area contributed by atoms with Gasteiger partial charge in [0.1, 0.15) is 0 Å². The van der Waals surface area contributed by atoms with E-state index in [4.69, 9.17) is 4.74 Å². The highest BCUT2D eigenvalue weighted by atomic mass is 19.1. The molecule has 0 spiro atoms. The number of methoxy groups -OCH3 is 1. The molecule has 1 atom stereocenters. The molecule has 1 unspecified atom stereocenters. The Morgan fingerprint density at radius 1 is 1.40 bits per heavy atom. The summed E-state index contributed by atoms with van der Waals surface area (Å²) in [6.45, 7) is 4.98. The van der Waals surface area contributed by atoms with E-state index in [1.807, 2.05) is 19.2 Å². The molecule has 1 aromatic rings. The van der Waals surface area contributed by atoms with Crippen LogP contribution in [0.15, 0.2) is 18.2 Å². The molecule has 1 aliphatic heterocycles. The number of benzene rings is 1. The second kappa shape index (κ2) is 7.04. The largest absolute Gasteiger partial charge is 0.494 e. The summed E-state index contributed by atoms with van der Waals surface area (Å²) in [7, 11) is 3.52. The predicted octanol–water partition coefficient (Wildman–Crippen LogP) is 2.65. The fourth-order valence-electron chi connectivity index (χ4n) is 2.92. The summed E-state index contributed by atoms with van der Waals surface area (Å²) < 4.78 is 19.2. The van der Waals surface area contributed by atoms with Crippen LogP contribution in [0.1, 0.15) is 25.3 Å². The Kier molecular flexibility index (Phi) is 5.38. The lowest BCUT2D eigenvalue weighted by Crippen LogP contribution is -2.40. The van der Waals surface area contributed by atoms with Crippen molar-refractivity contribution in [2.45, 2.75) is 32.4 Å². The summed E-state index contributed by atoms with van der Waals surface area (Å²) in [5.74, 6) is 0.841. The van der Waals surface area contributed by atoms with Gasteiger partial charge >= 0.3 is 0 Å². The van der Waals surface area contributed by atoms with Crippen LogP contribution in [0.5, 0.6) is 5.75 Å². The number of nitrogens with one attached hydrogen (secondary N) is 1. The molecule has 1 heterocycles. The molecule has 112 valence electrons. The van der Waals surface area contributed by atoms with E-state index in [-0.39, 0.29) is 5.82 Å². The summed E-state index contributed by atoms with van der Waals surface area (Å²) in [5, 5.41) is 3.33. The second-order valence-corrected chi connectivity index (χ2v) is 5.62. The van der Waals surface area contributed by atoms with Crippen LogP contribution in [0, 0.1) is 11.7 Å². The van der Waals surface area contributed by atoms with E-state index >= 15 is 0 Å². The van der Waals surface area contributed by atoms with Crippen molar-refractivity contribution in [2.24, 2.45) is 5.92 Å². The highest BCUT2D eigenvalue weighted by Gasteiger charge is 2.23. The van der Waals surface area contributed by atoms with Crippen LogP contribution in [0.25, 0.3) is 0 Å². The maximum atomic E-state index is 14.1. The van der Waals surface area contributed by atoms with Crippen molar-refractivity contribution < 1.29 is 9.13 Å². The monoisotopic (exact) mass is 280 g/mol. The Balaban J connectivity index is 1.93. The van der Waals surface area contributed by atoms with Crippen LogP contribution in [0.2, 0.25) is 0 Å². The van der Waals surface area contributed by atoms with Crippen LogP contribution in [-0.4, -0.2) is 38.2 Å². The number of hydrogen-bond acceptors (Lipinski definition) is 3. The topological polar surface area (TPSA) is 24.5 Å². The Hall–Kier alpha value is -1.13. The Morgan fingerprint density at radius 3 is 2.70 bits per heavy atom. The highest BCUT2D eigenvalue weighted by molar-refractivity contribution is 5.31. The molecule has 20 heavy (non-hydrogen) atoms. The molecule has 1 aromatic carbocycles.